The van der Waals surface area contributed by atoms with Crippen molar-refractivity contribution in [3.05, 3.63) is 11.7 Å². The number of nitrogens with one attached hydrogen (secondary N) is 1. The van der Waals surface area contributed by atoms with Gasteiger partial charge in [-0.2, -0.15) is 4.98 Å². The van der Waals surface area contributed by atoms with E-state index in [9.17, 15) is 0 Å². The van der Waals surface area contributed by atoms with Gasteiger partial charge < -0.3 is 9.84 Å². The first kappa shape index (κ1) is 13.5. The first-order valence-corrected chi connectivity index (χ1v) is 7.03. The average Bonchev–Trinajstić information content (AvgIpc) is 2.98. The van der Waals surface area contributed by atoms with Crippen LogP contribution in [0.4, 0.5) is 0 Å². The lowest BCUT2D eigenvalue weighted by molar-refractivity contribution is 0.229. The number of aromatic nitrogens is 2. The van der Waals surface area contributed by atoms with E-state index in [1.807, 2.05) is 6.92 Å². The fourth-order valence-electron chi connectivity index (χ4n) is 2.45. The van der Waals surface area contributed by atoms with Crippen LogP contribution in [0.3, 0.4) is 0 Å². The van der Waals surface area contributed by atoms with Gasteiger partial charge in [0.25, 0.3) is 0 Å². The topological polar surface area (TPSA) is 54.2 Å². The normalized spacial score (nSPS) is 19.8. The van der Waals surface area contributed by atoms with E-state index in [-0.39, 0.29) is 0 Å². The predicted octanol–water partition coefficient (Wildman–Crippen LogP) is 1.73. The Hall–Kier alpha value is -0.940. The molecule has 18 heavy (non-hydrogen) atoms. The number of unbranched alkanes of at least 4 members (excludes halogenated alkanes) is 1. The highest BCUT2D eigenvalue weighted by atomic mass is 16.5. The average molecular weight is 252 g/mol. The first-order valence-electron chi connectivity index (χ1n) is 7.03. The minimum absolute atomic E-state index is 0.634. The Morgan fingerprint density at radius 1 is 1.50 bits per heavy atom. The summed E-state index contributed by atoms with van der Waals surface area (Å²) in [5, 5.41) is 7.54. The van der Waals surface area contributed by atoms with E-state index in [2.05, 4.69) is 27.3 Å². The quantitative estimate of drug-likeness (QED) is 0.801. The van der Waals surface area contributed by atoms with Crippen LogP contribution in [0.2, 0.25) is 0 Å². The van der Waals surface area contributed by atoms with E-state index in [1.54, 1.807) is 0 Å². The van der Waals surface area contributed by atoms with Gasteiger partial charge in [-0.15, -0.1) is 0 Å². The molecule has 0 aromatic carbocycles. The molecule has 1 atom stereocenters. The molecule has 0 spiro atoms. The van der Waals surface area contributed by atoms with Crippen molar-refractivity contribution in [1.29, 1.82) is 0 Å². The Bertz CT molecular complexity index is 347. The zero-order chi connectivity index (χ0) is 12.8. The van der Waals surface area contributed by atoms with Gasteiger partial charge in [-0.05, 0) is 32.4 Å². The van der Waals surface area contributed by atoms with Crippen LogP contribution in [-0.4, -0.2) is 40.7 Å². The molecule has 0 amide bonds. The largest absolute Gasteiger partial charge is 0.340 e. The minimum Gasteiger partial charge on any atom is -0.340 e. The van der Waals surface area contributed by atoms with Gasteiger partial charge in [-0.1, -0.05) is 18.5 Å². The minimum atomic E-state index is 0.634. The van der Waals surface area contributed by atoms with Gasteiger partial charge in [0.05, 0.1) is 6.54 Å². The van der Waals surface area contributed by atoms with E-state index in [1.165, 1.54) is 25.7 Å². The number of aryl methyl sites for hydroxylation is 1. The summed E-state index contributed by atoms with van der Waals surface area (Å²) < 4.78 is 5.04. The third-order valence-electron chi connectivity index (χ3n) is 3.40. The summed E-state index contributed by atoms with van der Waals surface area (Å²) in [5.74, 6) is 1.46. The van der Waals surface area contributed by atoms with Crippen molar-refractivity contribution in [2.45, 2.75) is 52.1 Å². The number of hydrogen-bond acceptors (Lipinski definition) is 5. The molecular formula is C13H24N4O. The van der Waals surface area contributed by atoms with Gasteiger partial charge in [0.15, 0.2) is 5.82 Å². The molecule has 0 aliphatic carbocycles. The SMILES string of the molecule is CCCCN(Cc1noc(C)n1)CC1CCCN1. The van der Waals surface area contributed by atoms with E-state index < -0.39 is 0 Å². The summed E-state index contributed by atoms with van der Waals surface area (Å²) in [4.78, 5) is 6.73. The van der Waals surface area contributed by atoms with Crippen LogP contribution in [0.5, 0.6) is 0 Å². The van der Waals surface area contributed by atoms with Crippen LogP contribution in [0.15, 0.2) is 4.52 Å². The van der Waals surface area contributed by atoms with E-state index in [0.717, 1.165) is 32.0 Å². The highest BCUT2D eigenvalue weighted by molar-refractivity contribution is 4.86. The maximum atomic E-state index is 5.04. The third-order valence-corrected chi connectivity index (χ3v) is 3.40. The van der Waals surface area contributed by atoms with Gasteiger partial charge in [-0.3, -0.25) is 4.90 Å². The highest BCUT2D eigenvalue weighted by Crippen LogP contribution is 2.10. The second kappa shape index (κ2) is 6.85. The summed E-state index contributed by atoms with van der Waals surface area (Å²) in [6, 6.07) is 0.634. The Balaban J connectivity index is 1.86. The fraction of sp³-hybridized carbons (Fsp3) is 0.846. The van der Waals surface area contributed by atoms with Gasteiger partial charge in [0, 0.05) is 19.5 Å². The molecular weight excluding hydrogens is 228 g/mol. The van der Waals surface area contributed by atoms with Crippen molar-refractivity contribution in [1.82, 2.24) is 20.4 Å². The van der Waals surface area contributed by atoms with Crippen molar-refractivity contribution in [3.63, 3.8) is 0 Å². The molecule has 1 aromatic rings. The highest BCUT2D eigenvalue weighted by Gasteiger charge is 2.19. The van der Waals surface area contributed by atoms with E-state index in [0.29, 0.717) is 11.9 Å². The third kappa shape index (κ3) is 4.07. The van der Waals surface area contributed by atoms with Crippen LogP contribution in [-0.2, 0) is 6.54 Å². The maximum absolute atomic E-state index is 5.04. The van der Waals surface area contributed by atoms with Crippen LogP contribution >= 0.6 is 0 Å². The maximum Gasteiger partial charge on any atom is 0.223 e. The molecule has 2 heterocycles. The summed E-state index contributed by atoms with van der Waals surface area (Å²) in [7, 11) is 0. The lowest BCUT2D eigenvalue weighted by atomic mass is 10.2. The molecule has 1 N–H and O–H groups in total. The molecule has 1 aromatic heterocycles. The molecule has 0 radical (unpaired) electrons. The lowest BCUT2D eigenvalue weighted by Crippen LogP contribution is -2.37. The lowest BCUT2D eigenvalue weighted by Gasteiger charge is -2.24. The first-order chi connectivity index (χ1) is 8.78. The zero-order valence-corrected chi connectivity index (χ0v) is 11.5. The zero-order valence-electron chi connectivity index (χ0n) is 11.5. The molecule has 1 aliphatic heterocycles. The van der Waals surface area contributed by atoms with Crippen molar-refractivity contribution in [2.24, 2.45) is 0 Å². The summed E-state index contributed by atoms with van der Waals surface area (Å²) in [6.45, 7) is 8.23. The number of nitrogens with zero attached hydrogens (tertiary/aromatic N) is 3. The Kier molecular flexibility index (Phi) is 5.13. The van der Waals surface area contributed by atoms with Gasteiger partial charge in [0.1, 0.15) is 0 Å². The summed E-state index contributed by atoms with van der Waals surface area (Å²) >= 11 is 0. The van der Waals surface area contributed by atoms with Gasteiger partial charge >= 0.3 is 0 Å². The van der Waals surface area contributed by atoms with Crippen molar-refractivity contribution < 1.29 is 4.52 Å². The molecule has 102 valence electrons. The number of rotatable bonds is 7. The number of hydrogen-bond donors (Lipinski definition) is 1. The molecule has 2 rings (SSSR count). The van der Waals surface area contributed by atoms with Crippen molar-refractivity contribution in [2.75, 3.05) is 19.6 Å². The summed E-state index contributed by atoms with van der Waals surface area (Å²) in [5.41, 5.74) is 0. The van der Waals surface area contributed by atoms with Crippen LogP contribution < -0.4 is 5.32 Å². The van der Waals surface area contributed by atoms with E-state index in [4.69, 9.17) is 4.52 Å². The smallest absolute Gasteiger partial charge is 0.223 e. The van der Waals surface area contributed by atoms with Crippen LogP contribution in [0.25, 0.3) is 0 Å². The van der Waals surface area contributed by atoms with Crippen LogP contribution in [0.1, 0.15) is 44.3 Å². The van der Waals surface area contributed by atoms with Crippen LogP contribution in [0, 0.1) is 6.92 Å². The molecule has 5 nitrogen and oxygen atoms in total. The van der Waals surface area contributed by atoms with Gasteiger partial charge in [0.2, 0.25) is 5.89 Å². The van der Waals surface area contributed by atoms with E-state index >= 15 is 0 Å². The molecule has 0 saturated carbocycles. The monoisotopic (exact) mass is 252 g/mol. The molecule has 1 fully saturated rings. The molecule has 5 heteroatoms. The van der Waals surface area contributed by atoms with Gasteiger partial charge in [-0.25, -0.2) is 0 Å². The Morgan fingerprint density at radius 2 is 2.39 bits per heavy atom. The van der Waals surface area contributed by atoms with Crippen molar-refractivity contribution in [3.8, 4) is 0 Å². The molecule has 0 bridgehead atoms. The fourth-order valence-corrected chi connectivity index (χ4v) is 2.45. The second-order valence-electron chi connectivity index (χ2n) is 5.11. The Labute approximate surface area is 109 Å². The Morgan fingerprint density at radius 3 is 3.00 bits per heavy atom. The summed E-state index contributed by atoms with van der Waals surface area (Å²) in [6.07, 6.45) is 5.03. The predicted molar refractivity (Wildman–Crippen MR) is 70.2 cm³/mol. The second-order valence-corrected chi connectivity index (χ2v) is 5.11. The molecule has 1 aliphatic rings. The standard InChI is InChI=1S/C13H24N4O/c1-3-4-8-17(9-12-6-5-7-14-12)10-13-15-11(2)18-16-13/h12,14H,3-10H2,1-2H3. The molecule has 1 saturated heterocycles. The van der Waals surface area contributed by atoms with Crippen molar-refractivity contribution >= 4 is 0 Å². The molecule has 1 unspecified atom stereocenters.